The van der Waals surface area contributed by atoms with Crippen LogP contribution >= 0.6 is 0 Å². The summed E-state index contributed by atoms with van der Waals surface area (Å²) in [4.78, 5) is 27.4. The Labute approximate surface area is 173 Å². The molecule has 0 fully saturated rings. The fourth-order valence-corrected chi connectivity index (χ4v) is 3.26. The Morgan fingerprint density at radius 2 is 1.37 bits per heavy atom. The largest absolute Gasteiger partial charge is 0.507 e. The minimum absolute atomic E-state index is 0.0997. The molecule has 2 amide bonds. The molecule has 148 valence electrons. The summed E-state index contributed by atoms with van der Waals surface area (Å²) in [6.07, 6.45) is 0. The van der Waals surface area contributed by atoms with Gasteiger partial charge in [-0.1, -0.05) is 42.5 Å². The Morgan fingerprint density at radius 1 is 0.733 bits per heavy atom. The van der Waals surface area contributed by atoms with Gasteiger partial charge in [-0.25, -0.2) is 0 Å². The van der Waals surface area contributed by atoms with Crippen LogP contribution in [0, 0.1) is 0 Å². The van der Waals surface area contributed by atoms with Gasteiger partial charge in [-0.2, -0.15) is 0 Å². The van der Waals surface area contributed by atoms with Crippen LogP contribution in [0.4, 0.5) is 22.7 Å². The van der Waals surface area contributed by atoms with Crippen LogP contribution in [0.5, 0.6) is 5.75 Å². The van der Waals surface area contributed by atoms with Crippen LogP contribution in [-0.2, 0) is 9.59 Å². The van der Waals surface area contributed by atoms with E-state index in [9.17, 15) is 14.7 Å². The number of hydrogen-bond acceptors (Lipinski definition) is 4. The molecular formula is C24H19N3O3. The highest BCUT2D eigenvalue weighted by Gasteiger charge is 2.25. The van der Waals surface area contributed by atoms with E-state index in [2.05, 4.69) is 5.32 Å². The van der Waals surface area contributed by atoms with Crippen molar-refractivity contribution in [2.75, 3.05) is 16.0 Å². The first-order chi connectivity index (χ1) is 14.5. The highest BCUT2D eigenvalue weighted by atomic mass is 16.3. The van der Waals surface area contributed by atoms with Crippen molar-refractivity contribution in [3.05, 3.63) is 91.0 Å². The van der Waals surface area contributed by atoms with Crippen molar-refractivity contribution >= 4 is 45.3 Å². The van der Waals surface area contributed by atoms with Gasteiger partial charge in [0.2, 0.25) is 0 Å². The summed E-state index contributed by atoms with van der Waals surface area (Å²) in [7, 11) is 0. The first-order valence-corrected chi connectivity index (χ1v) is 9.31. The molecule has 0 atom stereocenters. The van der Waals surface area contributed by atoms with Gasteiger partial charge in [0.25, 0.3) is 0 Å². The summed E-state index contributed by atoms with van der Waals surface area (Å²) in [6, 6.07) is 25.8. The van der Waals surface area contributed by atoms with E-state index in [0.717, 1.165) is 0 Å². The van der Waals surface area contributed by atoms with Crippen molar-refractivity contribution in [1.82, 2.24) is 0 Å². The van der Waals surface area contributed by atoms with E-state index >= 15 is 0 Å². The number of phenols is 1. The number of phenolic OH excluding ortho intramolecular Hbond substituents is 1. The van der Waals surface area contributed by atoms with E-state index in [-0.39, 0.29) is 5.75 Å². The third kappa shape index (κ3) is 3.66. The minimum Gasteiger partial charge on any atom is -0.507 e. The van der Waals surface area contributed by atoms with E-state index in [1.807, 2.05) is 6.07 Å². The van der Waals surface area contributed by atoms with Gasteiger partial charge in [-0.3, -0.25) is 14.5 Å². The zero-order chi connectivity index (χ0) is 21.1. The minimum atomic E-state index is -0.800. The molecule has 0 unspecified atom stereocenters. The molecule has 4 aromatic rings. The van der Waals surface area contributed by atoms with E-state index in [1.54, 1.807) is 84.9 Å². The van der Waals surface area contributed by atoms with Crippen molar-refractivity contribution in [2.45, 2.75) is 0 Å². The molecule has 0 spiro atoms. The molecule has 4 rings (SSSR count). The lowest BCUT2D eigenvalue weighted by atomic mass is 10.1. The maximum atomic E-state index is 13.2. The van der Waals surface area contributed by atoms with E-state index in [0.29, 0.717) is 33.5 Å². The molecule has 0 radical (unpaired) electrons. The lowest BCUT2D eigenvalue weighted by Crippen LogP contribution is -2.36. The topological polar surface area (TPSA) is 95.7 Å². The Hall–Kier alpha value is -4.32. The van der Waals surface area contributed by atoms with Crippen molar-refractivity contribution in [2.24, 2.45) is 0 Å². The molecule has 4 N–H and O–H groups in total. The summed E-state index contributed by atoms with van der Waals surface area (Å²) in [5.41, 5.74) is 7.83. The quantitative estimate of drug-likeness (QED) is 0.352. The number of nitrogens with two attached hydrogens (primary N) is 1. The number of nitrogens with zero attached hydrogens (tertiary/aromatic N) is 1. The summed E-state index contributed by atoms with van der Waals surface area (Å²) < 4.78 is 0. The van der Waals surface area contributed by atoms with Crippen LogP contribution in [0.1, 0.15) is 0 Å². The molecule has 0 aliphatic heterocycles. The van der Waals surface area contributed by atoms with Crippen molar-refractivity contribution < 1.29 is 14.7 Å². The smallest absolute Gasteiger partial charge is 0.321 e. The third-order valence-electron chi connectivity index (χ3n) is 4.71. The molecule has 0 heterocycles. The number of amides is 2. The van der Waals surface area contributed by atoms with Crippen LogP contribution < -0.4 is 16.0 Å². The lowest BCUT2D eigenvalue weighted by Gasteiger charge is -2.22. The number of anilines is 4. The van der Waals surface area contributed by atoms with Gasteiger partial charge in [0.05, 0.1) is 0 Å². The molecule has 0 aliphatic carbocycles. The number of carbonyl (C=O) groups is 2. The monoisotopic (exact) mass is 397 g/mol. The van der Waals surface area contributed by atoms with Crippen LogP contribution in [0.15, 0.2) is 91.0 Å². The molecule has 0 aliphatic rings. The molecule has 6 nitrogen and oxygen atoms in total. The number of para-hydroxylation sites is 1. The van der Waals surface area contributed by atoms with Crippen LogP contribution in [0.2, 0.25) is 0 Å². The zero-order valence-corrected chi connectivity index (χ0v) is 15.9. The van der Waals surface area contributed by atoms with Crippen molar-refractivity contribution in [3.63, 3.8) is 0 Å². The maximum Gasteiger partial charge on any atom is 0.321 e. The third-order valence-corrected chi connectivity index (χ3v) is 4.71. The summed E-state index contributed by atoms with van der Waals surface area (Å²) in [5.74, 6) is -1.45. The molecule has 30 heavy (non-hydrogen) atoms. The standard InChI is InChI=1S/C24H19N3O3/c25-16-12-14-18(15-13-16)27(17-6-2-1-3-7-17)24(30)23(29)26-21-10-4-9-20-19(21)8-5-11-22(20)28/h1-15,28H,25H2,(H,26,29). The van der Waals surface area contributed by atoms with Gasteiger partial charge >= 0.3 is 11.8 Å². The predicted molar refractivity (Wildman–Crippen MR) is 119 cm³/mol. The second-order valence-electron chi connectivity index (χ2n) is 6.70. The van der Waals surface area contributed by atoms with Crippen molar-refractivity contribution in [3.8, 4) is 5.75 Å². The first kappa shape index (κ1) is 19.0. The average Bonchev–Trinajstić information content (AvgIpc) is 2.77. The van der Waals surface area contributed by atoms with Gasteiger partial charge in [0.1, 0.15) is 5.75 Å². The van der Waals surface area contributed by atoms with E-state index < -0.39 is 11.8 Å². The van der Waals surface area contributed by atoms with Gasteiger partial charge in [-0.05, 0) is 48.5 Å². The molecule has 6 heteroatoms. The molecule has 4 aromatic carbocycles. The number of fused-ring (bicyclic) bond motifs is 1. The van der Waals surface area contributed by atoms with Crippen LogP contribution in [-0.4, -0.2) is 16.9 Å². The number of rotatable bonds is 3. The Kier molecular flexibility index (Phi) is 5.05. The first-order valence-electron chi connectivity index (χ1n) is 9.31. The number of nitrogen functional groups attached to an aromatic ring is 1. The Balaban J connectivity index is 1.69. The number of aromatic hydroxyl groups is 1. The summed E-state index contributed by atoms with van der Waals surface area (Å²) in [5, 5.41) is 13.9. The second-order valence-corrected chi connectivity index (χ2v) is 6.70. The fraction of sp³-hybridized carbons (Fsp3) is 0. The molecule has 0 saturated heterocycles. The van der Waals surface area contributed by atoms with Gasteiger partial charge in [0, 0.05) is 33.5 Å². The molecule has 0 bridgehead atoms. The van der Waals surface area contributed by atoms with Gasteiger partial charge in [0.15, 0.2) is 0 Å². The normalized spacial score (nSPS) is 10.5. The Morgan fingerprint density at radius 3 is 2.10 bits per heavy atom. The van der Waals surface area contributed by atoms with Gasteiger partial charge in [-0.15, -0.1) is 0 Å². The van der Waals surface area contributed by atoms with Crippen LogP contribution in [0.3, 0.4) is 0 Å². The highest BCUT2D eigenvalue weighted by molar-refractivity contribution is 6.46. The number of benzene rings is 4. The predicted octanol–water partition coefficient (Wildman–Crippen LogP) is 4.43. The van der Waals surface area contributed by atoms with E-state index in [4.69, 9.17) is 5.73 Å². The van der Waals surface area contributed by atoms with E-state index in [1.165, 1.54) is 4.90 Å². The number of nitrogens with one attached hydrogen (secondary N) is 1. The lowest BCUT2D eigenvalue weighted by molar-refractivity contribution is -0.134. The zero-order valence-electron chi connectivity index (χ0n) is 15.9. The highest BCUT2D eigenvalue weighted by Crippen LogP contribution is 2.31. The SMILES string of the molecule is Nc1ccc(N(C(=O)C(=O)Nc2cccc3c(O)cccc23)c2ccccc2)cc1. The number of carbonyl (C=O) groups excluding carboxylic acids is 2. The average molecular weight is 397 g/mol. The Bertz CT molecular complexity index is 1220. The number of hydrogen-bond donors (Lipinski definition) is 3. The summed E-state index contributed by atoms with van der Waals surface area (Å²) in [6.45, 7) is 0. The summed E-state index contributed by atoms with van der Waals surface area (Å²) >= 11 is 0. The molecular weight excluding hydrogens is 378 g/mol. The fourth-order valence-electron chi connectivity index (χ4n) is 3.26. The molecule has 0 saturated carbocycles. The second kappa shape index (κ2) is 7.97. The maximum absolute atomic E-state index is 13.2. The van der Waals surface area contributed by atoms with Gasteiger partial charge < -0.3 is 16.2 Å². The van der Waals surface area contributed by atoms with Crippen molar-refractivity contribution in [1.29, 1.82) is 0 Å². The molecule has 0 aromatic heterocycles. The van der Waals surface area contributed by atoms with Crippen LogP contribution in [0.25, 0.3) is 10.8 Å².